The number of nitrogens with zero attached hydrogens (tertiary/aromatic N) is 2. The van der Waals surface area contributed by atoms with E-state index in [1.54, 1.807) is 25.3 Å². The number of benzene rings is 2. The predicted molar refractivity (Wildman–Crippen MR) is 144 cm³/mol. The number of rotatable bonds is 10. The number of hydrogen-bond donors (Lipinski definition) is 2. The molecule has 0 spiro atoms. The normalized spacial score (nSPS) is 11.8. The molecule has 9 heteroatoms. The summed E-state index contributed by atoms with van der Waals surface area (Å²) in [4.78, 5) is 12.8. The van der Waals surface area contributed by atoms with Gasteiger partial charge in [0.05, 0.1) is 7.11 Å². The zero-order chi connectivity index (χ0) is 26.3. The van der Waals surface area contributed by atoms with Gasteiger partial charge in [-0.15, -0.1) is 10.2 Å². The summed E-state index contributed by atoms with van der Waals surface area (Å²) in [5, 5.41) is 12.3. The van der Waals surface area contributed by atoms with Gasteiger partial charge >= 0.3 is 0 Å². The molecule has 1 aromatic heterocycles. The molecule has 0 fully saturated rings. The van der Waals surface area contributed by atoms with Crippen LogP contribution in [0, 0.1) is 13.8 Å². The zero-order valence-corrected chi connectivity index (χ0v) is 22.5. The maximum atomic E-state index is 12.8. The Hall–Kier alpha value is -3.43. The molecule has 3 aromatic rings. The third-order valence-corrected chi connectivity index (χ3v) is 6.59. The van der Waals surface area contributed by atoms with E-state index in [1.807, 2.05) is 58.9 Å². The minimum Gasteiger partial charge on any atom is -0.493 e. The van der Waals surface area contributed by atoms with Gasteiger partial charge in [-0.05, 0) is 48.7 Å². The maximum Gasteiger partial charge on any atom is 0.254 e. The number of methoxy groups -OCH3 is 1. The summed E-state index contributed by atoms with van der Waals surface area (Å²) in [7, 11) is 1.57. The van der Waals surface area contributed by atoms with Gasteiger partial charge in [0.25, 0.3) is 5.91 Å². The van der Waals surface area contributed by atoms with Crippen LogP contribution in [0.25, 0.3) is 6.08 Å². The van der Waals surface area contributed by atoms with E-state index in [9.17, 15) is 4.79 Å². The van der Waals surface area contributed by atoms with Crippen molar-refractivity contribution in [2.24, 2.45) is 5.73 Å². The van der Waals surface area contributed by atoms with Crippen molar-refractivity contribution in [2.45, 2.75) is 40.0 Å². The van der Waals surface area contributed by atoms with Crippen LogP contribution in [-0.4, -0.2) is 43.0 Å². The monoisotopic (exact) mass is 510 g/mol. The molecule has 2 aromatic carbocycles. The predicted octanol–water partition coefficient (Wildman–Crippen LogP) is 4.90. The van der Waals surface area contributed by atoms with E-state index >= 15 is 0 Å². The fourth-order valence-corrected chi connectivity index (χ4v) is 4.18. The number of nitrogens with two attached hydrogens (primary N) is 1. The Morgan fingerprint density at radius 3 is 2.36 bits per heavy atom. The summed E-state index contributed by atoms with van der Waals surface area (Å²) < 4.78 is 17.3. The summed E-state index contributed by atoms with van der Waals surface area (Å²) in [6.07, 6.45) is 1.72. The molecule has 0 bridgehead atoms. The van der Waals surface area contributed by atoms with E-state index in [4.69, 9.17) is 19.9 Å². The molecule has 1 heterocycles. The topological polar surface area (TPSA) is 109 Å². The number of aryl methyl sites for hydroxylation is 2. The number of ether oxygens (including phenoxy) is 3. The number of para-hydroxylation sites is 1. The lowest BCUT2D eigenvalue weighted by Gasteiger charge is -2.14. The van der Waals surface area contributed by atoms with Crippen LogP contribution >= 0.6 is 11.3 Å². The van der Waals surface area contributed by atoms with Crippen LogP contribution in [0.15, 0.2) is 42.0 Å². The Bertz CT molecular complexity index is 1210. The summed E-state index contributed by atoms with van der Waals surface area (Å²) in [5.74, 6) is 1.69. The molecule has 0 atom stereocenters. The molecule has 0 aliphatic rings. The quantitative estimate of drug-likeness (QED) is 0.295. The van der Waals surface area contributed by atoms with Gasteiger partial charge in [0.15, 0.2) is 11.5 Å². The molecule has 1 amide bonds. The number of amides is 1. The third kappa shape index (κ3) is 7.05. The van der Waals surface area contributed by atoms with Crippen LogP contribution in [0.4, 0.5) is 5.13 Å². The lowest BCUT2D eigenvalue weighted by atomic mass is 9.98. The second kappa shape index (κ2) is 12.0. The Balaban J connectivity index is 1.64. The first-order valence-corrected chi connectivity index (χ1v) is 12.5. The molecule has 0 saturated heterocycles. The van der Waals surface area contributed by atoms with Crippen LogP contribution in [0.1, 0.15) is 42.5 Å². The van der Waals surface area contributed by atoms with Gasteiger partial charge in [-0.3, -0.25) is 10.1 Å². The standard InChI is InChI=1S/C27H34N4O4S/c1-17-8-7-9-18(2)23(17)35-13-12-34-21-11-10-19(15-22(21)33-6)14-20(16-28)24(32)29-26-31-30-25(36-26)27(3,4)5/h7-11,14-15H,12-13,16,28H2,1-6H3,(H,29,31,32)/b20-14-. The molecule has 3 N–H and O–H groups in total. The van der Waals surface area contributed by atoms with Gasteiger partial charge in [-0.25, -0.2) is 0 Å². The van der Waals surface area contributed by atoms with Gasteiger partial charge in [-0.1, -0.05) is 56.4 Å². The van der Waals surface area contributed by atoms with Crippen molar-refractivity contribution in [1.82, 2.24) is 10.2 Å². The number of hydrogen-bond acceptors (Lipinski definition) is 8. The fraction of sp³-hybridized carbons (Fsp3) is 0.370. The van der Waals surface area contributed by atoms with E-state index in [-0.39, 0.29) is 17.9 Å². The highest BCUT2D eigenvalue weighted by Gasteiger charge is 2.20. The molecule has 0 unspecified atom stereocenters. The number of carbonyl (C=O) groups excluding carboxylic acids is 1. The molecule has 36 heavy (non-hydrogen) atoms. The lowest BCUT2D eigenvalue weighted by molar-refractivity contribution is -0.112. The Morgan fingerprint density at radius 1 is 1.06 bits per heavy atom. The lowest BCUT2D eigenvalue weighted by Crippen LogP contribution is -2.20. The molecule has 0 saturated carbocycles. The first-order chi connectivity index (χ1) is 17.1. The van der Waals surface area contributed by atoms with Crippen molar-refractivity contribution in [1.29, 1.82) is 0 Å². The molecule has 192 valence electrons. The molecule has 0 radical (unpaired) electrons. The minimum atomic E-state index is -0.322. The van der Waals surface area contributed by atoms with Crippen LogP contribution in [-0.2, 0) is 10.2 Å². The summed E-state index contributed by atoms with van der Waals surface area (Å²) in [6, 6.07) is 11.5. The number of aromatic nitrogens is 2. The van der Waals surface area contributed by atoms with Crippen molar-refractivity contribution in [3.63, 3.8) is 0 Å². The molecule has 0 aliphatic heterocycles. The molecule has 3 rings (SSSR count). The minimum absolute atomic E-state index is 0.0625. The van der Waals surface area contributed by atoms with E-state index in [0.29, 0.717) is 35.4 Å². The van der Waals surface area contributed by atoms with Gasteiger partial charge in [0.2, 0.25) is 5.13 Å². The average Bonchev–Trinajstić information content (AvgIpc) is 3.31. The van der Waals surface area contributed by atoms with E-state index in [0.717, 1.165) is 27.4 Å². The van der Waals surface area contributed by atoms with Crippen molar-refractivity contribution < 1.29 is 19.0 Å². The highest BCUT2D eigenvalue weighted by molar-refractivity contribution is 7.15. The van der Waals surface area contributed by atoms with Crippen molar-refractivity contribution in [2.75, 3.05) is 32.2 Å². The Kier molecular flexibility index (Phi) is 9.06. The largest absolute Gasteiger partial charge is 0.493 e. The Morgan fingerprint density at radius 2 is 1.75 bits per heavy atom. The van der Waals surface area contributed by atoms with Crippen LogP contribution in [0.5, 0.6) is 17.2 Å². The summed E-state index contributed by atoms with van der Waals surface area (Å²) in [5.41, 5.74) is 9.06. The number of carbonyl (C=O) groups is 1. The molecule has 0 aliphatic carbocycles. The molecular formula is C27H34N4O4S. The number of anilines is 1. The van der Waals surface area contributed by atoms with Crippen LogP contribution in [0.2, 0.25) is 0 Å². The maximum absolute atomic E-state index is 12.8. The summed E-state index contributed by atoms with van der Waals surface area (Å²) in [6.45, 7) is 11.0. The second-order valence-electron chi connectivity index (χ2n) is 9.32. The smallest absolute Gasteiger partial charge is 0.254 e. The molecule has 8 nitrogen and oxygen atoms in total. The van der Waals surface area contributed by atoms with Crippen LogP contribution < -0.4 is 25.3 Å². The van der Waals surface area contributed by atoms with Gasteiger partial charge < -0.3 is 19.9 Å². The average molecular weight is 511 g/mol. The third-order valence-electron chi connectivity index (χ3n) is 5.32. The van der Waals surface area contributed by atoms with Crippen molar-refractivity contribution >= 4 is 28.5 Å². The second-order valence-corrected chi connectivity index (χ2v) is 10.3. The van der Waals surface area contributed by atoms with E-state index in [2.05, 4.69) is 15.5 Å². The van der Waals surface area contributed by atoms with Gasteiger partial charge in [0, 0.05) is 17.5 Å². The Labute approximate surface area is 216 Å². The van der Waals surface area contributed by atoms with Gasteiger partial charge in [-0.2, -0.15) is 0 Å². The highest BCUT2D eigenvalue weighted by Crippen LogP contribution is 2.30. The SMILES string of the molecule is COc1cc(/C=C(/CN)C(=O)Nc2nnc(C(C)(C)C)s2)ccc1OCCOc1c(C)cccc1C. The van der Waals surface area contributed by atoms with E-state index < -0.39 is 0 Å². The first kappa shape index (κ1) is 27.2. The van der Waals surface area contributed by atoms with Crippen molar-refractivity contribution in [3.05, 3.63) is 63.7 Å². The van der Waals surface area contributed by atoms with E-state index in [1.165, 1.54) is 11.3 Å². The molecular weight excluding hydrogens is 476 g/mol. The summed E-state index contributed by atoms with van der Waals surface area (Å²) >= 11 is 1.35. The van der Waals surface area contributed by atoms with Gasteiger partial charge in [0.1, 0.15) is 24.0 Å². The first-order valence-electron chi connectivity index (χ1n) is 11.7. The van der Waals surface area contributed by atoms with Crippen molar-refractivity contribution in [3.8, 4) is 17.2 Å². The number of nitrogens with one attached hydrogen (secondary N) is 1. The fourth-order valence-electron chi connectivity index (χ4n) is 3.39. The zero-order valence-electron chi connectivity index (χ0n) is 21.7. The van der Waals surface area contributed by atoms with Crippen LogP contribution in [0.3, 0.4) is 0 Å². The highest BCUT2D eigenvalue weighted by atomic mass is 32.1.